The number of thiazole rings is 1. The lowest BCUT2D eigenvalue weighted by Crippen LogP contribution is -2.39. The molecule has 4 unspecified atom stereocenters. The number of allylic oxidation sites excluding steroid dienone is 2. The number of carbonyl (C=O) groups is 3. The molecule has 8 heteroatoms. The summed E-state index contributed by atoms with van der Waals surface area (Å²) in [7, 11) is 0. The van der Waals surface area contributed by atoms with Crippen molar-refractivity contribution in [3.63, 3.8) is 0 Å². The van der Waals surface area contributed by atoms with Crippen molar-refractivity contribution in [1.82, 2.24) is 15.2 Å². The largest absolute Gasteiger partial charge is 0.349 e. The predicted molar refractivity (Wildman–Crippen MR) is 91.6 cm³/mol. The molecule has 2 aliphatic carbocycles. The third-order valence-corrected chi connectivity index (χ3v) is 6.23. The van der Waals surface area contributed by atoms with E-state index in [1.165, 1.54) is 16.2 Å². The number of carbonyl (C=O) groups excluding carboxylic acids is 3. The zero-order chi connectivity index (χ0) is 17.6. The van der Waals surface area contributed by atoms with Gasteiger partial charge in [-0.2, -0.15) is 0 Å². The Labute approximate surface area is 149 Å². The van der Waals surface area contributed by atoms with E-state index in [0.29, 0.717) is 18.7 Å². The van der Waals surface area contributed by atoms with Gasteiger partial charge in [0.1, 0.15) is 5.69 Å². The first-order valence-electron chi connectivity index (χ1n) is 8.56. The third kappa shape index (κ3) is 2.69. The highest BCUT2D eigenvalue weighted by atomic mass is 32.1. The van der Waals surface area contributed by atoms with Gasteiger partial charge in [-0.25, -0.2) is 4.98 Å². The van der Waals surface area contributed by atoms with Gasteiger partial charge in [0, 0.05) is 24.9 Å². The van der Waals surface area contributed by atoms with Gasteiger partial charge in [0.15, 0.2) is 0 Å². The van der Waals surface area contributed by atoms with E-state index >= 15 is 0 Å². The summed E-state index contributed by atoms with van der Waals surface area (Å²) in [6, 6.07) is 0. The number of nitrogens with two attached hydrogens (primary N) is 1. The second-order valence-electron chi connectivity index (χ2n) is 6.75. The molecule has 7 nitrogen and oxygen atoms in total. The zero-order valence-corrected chi connectivity index (χ0v) is 14.5. The molecular weight excluding hydrogens is 340 g/mol. The topological polar surface area (TPSA) is 105 Å². The highest BCUT2D eigenvalue weighted by Gasteiger charge is 2.58. The average Bonchev–Trinajstić information content (AvgIpc) is 3.35. The van der Waals surface area contributed by atoms with Gasteiger partial charge < -0.3 is 11.1 Å². The van der Waals surface area contributed by atoms with Crippen molar-refractivity contribution in [2.75, 3.05) is 19.6 Å². The van der Waals surface area contributed by atoms with Crippen molar-refractivity contribution < 1.29 is 14.4 Å². The first-order chi connectivity index (χ1) is 12.1. The molecule has 25 heavy (non-hydrogen) atoms. The molecule has 2 heterocycles. The Morgan fingerprint density at radius 3 is 2.60 bits per heavy atom. The summed E-state index contributed by atoms with van der Waals surface area (Å²) >= 11 is 1.40. The van der Waals surface area contributed by atoms with Crippen molar-refractivity contribution in [2.45, 2.75) is 12.8 Å². The van der Waals surface area contributed by atoms with Crippen molar-refractivity contribution in [3.05, 3.63) is 28.2 Å². The maximum atomic E-state index is 12.5. The third-order valence-electron chi connectivity index (χ3n) is 5.33. The van der Waals surface area contributed by atoms with Crippen LogP contribution in [0.15, 0.2) is 17.5 Å². The SMILES string of the molecule is NCCc1nc(C(=O)NCCN2C(=O)C3C4C=CC(C4)C3C2=O)cs1. The molecule has 132 valence electrons. The van der Waals surface area contributed by atoms with E-state index in [1.807, 2.05) is 0 Å². The Hall–Kier alpha value is -2.06. The molecule has 1 saturated carbocycles. The summed E-state index contributed by atoms with van der Waals surface area (Å²) in [5, 5.41) is 5.26. The fourth-order valence-electron chi connectivity index (χ4n) is 4.21. The number of imide groups is 1. The van der Waals surface area contributed by atoms with Crippen LogP contribution in [0.25, 0.3) is 0 Å². The Morgan fingerprint density at radius 1 is 1.28 bits per heavy atom. The lowest BCUT2D eigenvalue weighted by Gasteiger charge is -2.17. The molecule has 2 bridgehead atoms. The molecule has 4 rings (SSSR count). The molecular formula is C17H20N4O3S. The molecule has 1 saturated heterocycles. The maximum absolute atomic E-state index is 12.5. The molecule has 0 spiro atoms. The van der Waals surface area contributed by atoms with Crippen LogP contribution in [0.1, 0.15) is 21.9 Å². The summed E-state index contributed by atoms with van der Waals surface area (Å²) in [5.41, 5.74) is 5.83. The lowest BCUT2D eigenvalue weighted by molar-refractivity contribution is -0.140. The molecule has 1 aromatic heterocycles. The van der Waals surface area contributed by atoms with E-state index in [9.17, 15) is 14.4 Å². The number of amides is 3. The Kier molecular flexibility index (Phi) is 4.16. The van der Waals surface area contributed by atoms with Gasteiger partial charge in [0.05, 0.1) is 16.8 Å². The molecule has 3 aliphatic rings. The Balaban J connectivity index is 1.32. The van der Waals surface area contributed by atoms with Crippen LogP contribution in [0, 0.1) is 23.7 Å². The fourth-order valence-corrected chi connectivity index (χ4v) is 5.00. The summed E-state index contributed by atoms with van der Waals surface area (Å²) in [6.07, 6.45) is 5.72. The summed E-state index contributed by atoms with van der Waals surface area (Å²) in [4.78, 5) is 42.7. The van der Waals surface area contributed by atoms with E-state index in [0.717, 1.165) is 11.4 Å². The van der Waals surface area contributed by atoms with Crippen LogP contribution in [0.3, 0.4) is 0 Å². The van der Waals surface area contributed by atoms with Gasteiger partial charge in [-0.1, -0.05) is 12.2 Å². The van der Waals surface area contributed by atoms with Crippen molar-refractivity contribution in [3.8, 4) is 0 Å². The van der Waals surface area contributed by atoms with Crippen molar-refractivity contribution in [2.24, 2.45) is 29.4 Å². The number of hydrogen-bond acceptors (Lipinski definition) is 6. The van der Waals surface area contributed by atoms with Crippen molar-refractivity contribution in [1.29, 1.82) is 0 Å². The van der Waals surface area contributed by atoms with Crippen molar-refractivity contribution >= 4 is 29.1 Å². The van der Waals surface area contributed by atoms with Gasteiger partial charge >= 0.3 is 0 Å². The van der Waals surface area contributed by atoms with Crippen LogP contribution < -0.4 is 11.1 Å². The Morgan fingerprint density at radius 2 is 1.96 bits per heavy atom. The van der Waals surface area contributed by atoms with E-state index in [2.05, 4.69) is 22.5 Å². The number of rotatable bonds is 6. The monoisotopic (exact) mass is 360 g/mol. The molecule has 3 amide bonds. The number of fused-ring (bicyclic) bond motifs is 5. The fraction of sp³-hybridized carbons (Fsp3) is 0.529. The summed E-state index contributed by atoms with van der Waals surface area (Å²) < 4.78 is 0. The normalized spacial score (nSPS) is 29.6. The van der Waals surface area contributed by atoms with Gasteiger partial charge in [0.25, 0.3) is 5.91 Å². The Bertz CT molecular complexity index is 729. The molecule has 0 aromatic carbocycles. The number of hydrogen-bond donors (Lipinski definition) is 2. The molecule has 4 atom stereocenters. The second kappa shape index (κ2) is 6.34. The minimum Gasteiger partial charge on any atom is -0.349 e. The van der Waals surface area contributed by atoms with Crippen LogP contribution in [0.2, 0.25) is 0 Å². The summed E-state index contributed by atoms with van der Waals surface area (Å²) in [6.45, 7) is 0.949. The van der Waals surface area contributed by atoms with E-state index in [4.69, 9.17) is 5.73 Å². The van der Waals surface area contributed by atoms with Crippen LogP contribution in [0.4, 0.5) is 0 Å². The number of nitrogens with one attached hydrogen (secondary N) is 1. The molecule has 0 radical (unpaired) electrons. The maximum Gasteiger partial charge on any atom is 0.270 e. The van der Waals surface area contributed by atoms with Crippen LogP contribution in [-0.2, 0) is 16.0 Å². The highest BCUT2D eigenvalue weighted by Crippen LogP contribution is 2.52. The minimum absolute atomic E-state index is 0.0833. The highest BCUT2D eigenvalue weighted by molar-refractivity contribution is 7.09. The molecule has 1 aromatic rings. The number of aromatic nitrogens is 1. The quantitative estimate of drug-likeness (QED) is 0.556. The average molecular weight is 360 g/mol. The van der Waals surface area contributed by atoms with Gasteiger partial charge in [-0.05, 0) is 24.8 Å². The number of nitrogens with zero attached hydrogens (tertiary/aromatic N) is 2. The van der Waals surface area contributed by atoms with Gasteiger partial charge in [-0.15, -0.1) is 11.3 Å². The first kappa shape index (κ1) is 16.4. The van der Waals surface area contributed by atoms with Gasteiger partial charge in [0.2, 0.25) is 11.8 Å². The smallest absolute Gasteiger partial charge is 0.270 e. The molecule has 1 aliphatic heterocycles. The van der Waals surface area contributed by atoms with Crippen LogP contribution >= 0.6 is 11.3 Å². The van der Waals surface area contributed by atoms with E-state index in [-0.39, 0.29) is 54.5 Å². The predicted octanol–water partition coefficient (Wildman–Crippen LogP) is 0.181. The second-order valence-corrected chi connectivity index (χ2v) is 7.69. The first-order valence-corrected chi connectivity index (χ1v) is 9.44. The molecule has 3 N–H and O–H groups in total. The van der Waals surface area contributed by atoms with E-state index in [1.54, 1.807) is 5.38 Å². The molecule has 2 fully saturated rings. The number of likely N-dealkylation sites (tertiary alicyclic amines) is 1. The summed E-state index contributed by atoms with van der Waals surface area (Å²) in [5.74, 6) is -0.407. The van der Waals surface area contributed by atoms with E-state index < -0.39 is 0 Å². The standard InChI is InChI=1S/C17H20N4O3S/c18-4-3-12-20-11(8-25-12)15(22)19-5-6-21-16(23)13-9-1-2-10(7-9)14(13)17(21)24/h1-2,8-10,13-14H,3-7,18H2,(H,19,22). The zero-order valence-electron chi connectivity index (χ0n) is 13.7. The van der Waals surface area contributed by atoms with Gasteiger partial charge in [-0.3, -0.25) is 19.3 Å². The lowest BCUT2D eigenvalue weighted by atomic mass is 9.85. The minimum atomic E-state index is -0.291. The van der Waals surface area contributed by atoms with Crippen LogP contribution in [-0.4, -0.2) is 47.2 Å². The van der Waals surface area contributed by atoms with Crippen LogP contribution in [0.5, 0.6) is 0 Å².